The Hall–Kier alpha value is -3.30. The van der Waals surface area contributed by atoms with Gasteiger partial charge in [0.25, 0.3) is 5.56 Å². The molecule has 0 aliphatic heterocycles. The third-order valence-corrected chi connectivity index (χ3v) is 7.36. The SMILES string of the molecule is COc1ccc(CCn2c(=O)c3sccc3n3c(SCc4ccccc4)nnc23)cc1OC. The maximum Gasteiger partial charge on any atom is 0.272 e. The number of thiophene rings is 1. The van der Waals surface area contributed by atoms with Gasteiger partial charge in [-0.1, -0.05) is 48.2 Å². The zero-order valence-electron chi connectivity index (χ0n) is 18.2. The standard InChI is InChI=1S/C24H22N4O3S2/c1-30-19-9-8-16(14-20(19)31-2)10-12-27-22(29)21-18(11-13-32-21)28-23(27)25-26-24(28)33-15-17-6-4-3-5-7-17/h3-9,11,13-14H,10,12,15H2,1-2H3. The molecule has 7 nitrogen and oxygen atoms in total. The highest BCUT2D eigenvalue weighted by molar-refractivity contribution is 7.98. The lowest BCUT2D eigenvalue weighted by atomic mass is 10.1. The van der Waals surface area contributed by atoms with Crippen molar-refractivity contribution in [3.8, 4) is 11.5 Å². The number of rotatable bonds is 8. The summed E-state index contributed by atoms with van der Waals surface area (Å²) in [5, 5.41) is 11.6. The van der Waals surface area contributed by atoms with Crippen molar-refractivity contribution in [2.24, 2.45) is 0 Å². The maximum absolute atomic E-state index is 13.3. The van der Waals surface area contributed by atoms with Gasteiger partial charge in [-0.3, -0.25) is 13.8 Å². The van der Waals surface area contributed by atoms with Gasteiger partial charge < -0.3 is 9.47 Å². The van der Waals surface area contributed by atoms with Crippen molar-refractivity contribution >= 4 is 39.1 Å². The molecular weight excluding hydrogens is 456 g/mol. The quantitative estimate of drug-likeness (QED) is 0.302. The molecular formula is C24H22N4O3S2. The molecule has 9 heteroatoms. The van der Waals surface area contributed by atoms with Crippen LogP contribution in [-0.4, -0.2) is 33.4 Å². The van der Waals surface area contributed by atoms with E-state index in [0.29, 0.717) is 34.9 Å². The molecule has 33 heavy (non-hydrogen) atoms. The fourth-order valence-corrected chi connectivity index (χ4v) is 5.51. The van der Waals surface area contributed by atoms with Gasteiger partial charge in [0, 0.05) is 12.3 Å². The van der Waals surface area contributed by atoms with E-state index in [0.717, 1.165) is 22.0 Å². The summed E-state index contributed by atoms with van der Waals surface area (Å²) in [4.78, 5) is 13.3. The van der Waals surface area contributed by atoms with E-state index < -0.39 is 0 Å². The van der Waals surface area contributed by atoms with Crippen LogP contribution in [0.15, 0.2) is 69.9 Å². The lowest BCUT2D eigenvalue weighted by Crippen LogP contribution is -2.23. The van der Waals surface area contributed by atoms with Gasteiger partial charge in [0.15, 0.2) is 16.7 Å². The molecule has 2 aromatic carbocycles. The van der Waals surface area contributed by atoms with Crippen LogP contribution in [0.3, 0.4) is 0 Å². The molecule has 0 bridgehead atoms. The molecule has 0 unspecified atom stereocenters. The smallest absolute Gasteiger partial charge is 0.272 e. The Morgan fingerprint density at radius 1 is 0.970 bits per heavy atom. The predicted octanol–water partition coefficient (Wildman–Crippen LogP) is 4.66. The maximum atomic E-state index is 13.3. The van der Waals surface area contributed by atoms with E-state index in [2.05, 4.69) is 22.3 Å². The number of fused-ring (bicyclic) bond motifs is 3. The molecule has 5 aromatic rings. The van der Waals surface area contributed by atoms with E-state index >= 15 is 0 Å². The van der Waals surface area contributed by atoms with E-state index in [1.807, 2.05) is 52.2 Å². The van der Waals surface area contributed by atoms with Gasteiger partial charge in [0.2, 0.25) is 5.78 Å². The van der Waals surface area contributed by atoms with Crippen LogP contribution in [-0.2, 0) is 18.7 Å². The Kier molecular flexibility index (Phi) is 6.06. The van der Waals surface area contributed by atoms with Crippen LogP contribution in [0.4, 0.5) is 0 Å². The second-order valence-corrected chi connectivity index (χ2v) is 9.28. The van der Waals surface area contributed by atoms with E-state index in [9.17, 15) is 4.79 Å². The summed E-state index contributed by atoms with van der Waals surface area (Å²) in [5.41, 5.74) is 3.06. The molecule has 0 saturated heterocycles. The van der Waals surface area contributed by atoms with E-state index in [-0.39, 0.29) is 5.56 Å². The van der Waals surface area contributed by atoms with Crippen LogP contribution >= 0.6 is 23.1 Å². The summed E-state index contributed by atoms with van der Waals surface area (Å²) >= 11 is 3.06. The fraction of sp³-hybridized carbons (Fsp3) is 0.208. The molecule has 0 saturated carbocycles. The summed E-state index contributed by atoms with van der Waals surface area (Å²) in [7, 11) is 3.23. The van der Waals surface area contributed by atoms with Crippen molar-refractivity contribution in [1.82, 2.24) is 19.2 Å². The molecule has 0 radical (unpaired) electrons. The minimum Gasteiger partial charge on any atom is -0.493 e. The van der Waals surface area contributed by atoms with Gasteiger partial charge in [-0.25, -0.2) is 0 Å². The molecule has 0 spiro atoms. The average Bonchev–Trinajstić information content (AvgIpc) is 3.50. The van der Waals surface area contributed by atoms with Gasteiger partial charge in [0.05, 0.1) is 19.7 Å². The van der Waals surface area contributed by atoms with E-state index in [1.54, 1.807) is 30.5 Å². The number of hydrogen-bond acceptors (Lipinski definition) is 7. The highest BCUT2D eigenvalue weighted by Crippen LogP contribution is 2.29. The van der Waals surface area contributed by atoms with Crippen LogP contribution < -0.4 is 15.0 Å². The molecule has 168 valence electrons. The third-order valence-electron chi connectivity index (χ3n) is 5.47. The van der Waals surface area contributed by atoms with Crippen LogP contribution in [0.5, 0.6) is 11.5 Å². The Balaban J connectivity index is 1.50. The Bertz CT molecular complexity index is 1470. The lowest BCUT2D eigenvalue weighted by Gasteiger charge is -2.11. The Morgan fingerprint density at radius 3 is 2.58 bits per heavy atom. The first-order chi connectivity index (χ1) is 16.2. The van der Waals surface area contributed by atoms with Gasteiger partial charge in [-0.2, -0.15) is 0 Å². The minimum absolute atomic E-state index is 0.0417. The van der Waals surface area contributed by atoms with Crippen LogP contribution in [0.1, 0.15) is 11.1 Å². The molecule has 0 aliphatic carbocycles. The first kappa shape index (κ1) is 21.5. The van der Waals surface area contributed by atoms with Gasteiger partial charge >= 0.3 is 0 Å². The number of methoxy groups -OCH3 is 2. The molecule has 0 amide bonds. The highest BCUT2D eigenvalue weighted by Gasteiger charge is 2.18. The van der Waals surface area contributed by atoms with E-state index in [1.165, 1.54) is 16.9 Å². The summed E-state index contributed by atoms with van der Waals surface area (Å²) in [6, 6.07) is 18.0. The van der Waals surface area contributed by atoms with Crippen molar-refractivity contribution in [2.45, 2.75) is 23.9 Å². The van der Waals surface area contributed by atoms with Gasteiger partial charge in [-0.15, -0.1) is 21.5 Å². The average molecular weight is 479 g/mol. The van der Waals surface area contributed by atoms with Gasteiger partial charge in [-0.05, 0) is 41.1 Å². The van der Waals surface area contributed by atoms with Crippen molar-refractivity contribution < 1.29 is 9.47 Å². The number of aromatic nitrogens is 4. The Morgan fingerprint density at radius 2 is 1.79 bits per heavy atom. The number of ether oxygens (including phenoxy) is 2. The summed E-state index contributed by atoms with van der Waals surface area (Å²) in [6.45, 7) is 0.479. The number of thioether (sulfide) groups is 1. The van der Waals surface area contributed by atoms with Crippen molar-refractivity contribution in [3.05, 3.63) is 81.5 Å². The zero-order valence-corrected chi connectivity index (χ0v) is 19.9. The van der Waals surface area contributed by atoms with Crippen molar-refractivity contribution in [3.63, 3.8) is 0 Å². The largest absolute Gasteiger partial charge is 0.493 e. The van der Waals surface area contributed by atoms with Crippen molar-refractivity contribution in [2.75, 3.05) is 14.2 Å². The highest BCUT2D eigenvalue weighted by atomic mass is 32.2. The first-order valence-corrected chi connectivity index (χ1v) is 12.3. The van der Waals surface area contributed by atoms with Crippen molar-refractivity contribution in [1.29, 1.82) is 0 Å². The Labute approximate surface area is 198 Å². The molecule has 0 atom stereocenters. The number of nitrogens with zero attached hydrogens (tertiary/aromatic N) is 4. The lowest BCUT2D eigenvalue weighted by molar-refractivity contribution is 0.354. The second-order valence-electron chi connectivity index (χ2n) is 7.42. The normalized spacial score (nSPS) is 11.3. The first-order valence-electron chi connectivity index (χ1n) is 10.4. The van der Waals surface area contributed by atoms with Crippen LogP contribution in [0.25, 0.3) is 16.0 Å². The van der Waals surface area contributed by atoms with E-state index in [4.69, 9.17) is 9.47 Å². The minimum atomic E-state index is -0.0417. The number of hydrogen-bond donors (Lipinski definition) is 0. The van der Waals surface area contributed by atoms with Gasteiger partial charge in [0.1, 0.15) is 4.70 Å². The number of aryl methyl sites for hydroxylation is 2. The van der Waals surface area contributed by atoms with Crippen LogP contribution in [0.2, 0.25) is 0 Å². The molecule has 0 N–H and O–H groups in total. The monoisotopic (exact) mass is 478 g/mol. The predicted molar refractivity (Wildman–Crippen MR) is 132 cm³/mol. The zero-order chi connectivity index (χ0) is 22.8. The topological polar surface area (TPSA) is 70.7 Å². The summed E-state index contributed by atoms with van der Waals surface area (Å²) in [6.07, 6.45) is 0.645. The third kappa shape index (κ3) is 4.09. The molecule has 3 heterocycles. The second kappa shape index (κ2) is 9.29. The molecule has 3 aromatic heterocycles. The number of benzene rings is 2. The molecule has 5 rings (SSSR count). The van der Waals surface area contributed by atoms with Crippen LogP contribution in [0, 0.1) is 0 Å². The fourth-order valence-electron chi connectivity index (χ4n) is 3.79. The molecule has 0 fully saturated rings. The summed E-state index contributed by atoms with van der Waals surface area (Å²) < 4.78 is 15.2. The summed E-state index contributed by atoms with van der Waals surface area (Å²) in [5.74, 6) is 2.68. The molecule has 0 aliphatic rings.